The maximum atomic E-state index is 13.7. The van der Waals surface area contributed by atoms with Gasteiger partial charge in [0.15, 0.2) is 0 Å². The van der Waals surface area contributed by atoms with Crippen molar-refractivity contribution in [3.63, 3.8) is 0 Å². The predicted molar refractivity (Wildman–Crippen MR) is 135 cm³/mol. The van der Waals surface area contributed by atoms with E-state index >= 15 is 0 Å². The first kappa shape index (κ1) is 23.7. The Labute approximate surface area is 204 Å². The zero-order valence-corrected chi connectivity index (χ0v) is 20.4. The molecule has 1 unspecified atom stereocenters. The van der Waals surface area contributed by atoms with E-state index < -0.39 is 5.92 Å². The zero-order chi connectivity index (χ0) is 23.4. The molecule has 0 saturated carbocycles. The Bertz CT molecular complexity index is 1060. The number of rotatable bonds is 7. The number of morpholine rings is 1. The molecule has 33 heavy (non-hydrogen) atoms. The molecule has 2 aromatic carbocycles. The molecule has 6 nitrogen and oxygen atoms in total. The highest BCUT2D eigenvalue weighted by molar-refractivity contribution is 8.03. The highest BCUT2D eigenvalue weighted by Crippen LogP contribution is 2.44. The smallest absolute Gasteiger partial charge is 0.244 e. The largest absolute Gasteiger partial charge is 0.379 e. The fourth-order valence-electron chi connectivity index (χ4n) is 4.06. The number of ether oxygens (including phenoxy) is 1. The number of nitriles is 1. The lowest BCUT2D eigenvalue weighted by atomic mass is 9.93. The van der Waals surface area contributed by atoms with Crippen molar-refractivity contribution in [3.8, 4) is 6.07 Å². The van der Waals surface area contributed by atoms with Gasteiger partial charge in [0.2, 0.25) is 5.91 Å². The number of hydrogen-bond donors (Lipinski definition) is 0. The van der Waals surface area contributed by atoms with Crippen LogP contribution < -0.4 is 9.80 Å². The number of carbonyl (C=O) groups is 1. The van der Waals surface area contributed by atoms with Gasteiger partial charge in [0.05, 0.1) is 29.9 Å². The van der Waals surface area contributed by atoms with E-state index in [1.807, 2.05) is 55.4 Å². The Morgan fingerprint density at radius 3 is 2.39 bits per heavy atom. The molecule has 2 aliphatic heterocycles. The predicted octanol–water partition coefficient (Wildman–Crippen LogP) is 4.34. The van der Waals surface area contributed by atoms with Gasteiger partial charge in [-0.3, -0.25) is 14.6 Å². The second kappa shape index (κ2) is 10.6. The summed E-state index contributed by atoms with van der Waals surface area (Å²) in [4.78, 5) is 19.8. The van der Waals surface area contributed by atoms with Gasteiger partial charge in [-0.25, -0.2) is 0 Å². The van der Waals surface area contributed by atoms with Gasteiger partial charge in [-0.1, -0.05) is 23.7 Å². The van der Waals surface area contributed by atoms with Crippen molar-refractivity contribution in [1.82, 2.24) is 4.90 Å². The first-order chi connectivity index (χ1) is 16.0. The zero-order valence-electron chi connectivity index (χ0n) is 18.8. The molecule has 172 valence electrons. The van der Waals surface area contributed by atoms with Crippen LogP contribution in [0.15, 0.2) is 59.1 Å². The molecule has 4 rings (SSSR count). The van der Waals surface area contributed by atoms with E-state index in [1.165, 1.54) is 0 Å². The molecule has 8 heteroatoms. The van der Waals surface area contributed by atoms with E-state index in [-0.39, 0.29) is 5.91 Å². The Morgan fingerprint density at radius 1 is 1.12 bits per heavy atom. The lowest BCUT2D eigenvalue weighted by Crippen LogP contribution is -2.37. The summed E-state index contributed by atoms with van der Waals surface area (Å²) in [5.41, 5.74) is 3.08. The highest BCUT2D eigenvalue weighted by Gasteiger charge is 2.42. The lowest BCUT2D eigenvalue weighted by molar-refractivity contribution is -0.118. The fourth-order valence-corrected chi connectivity index (χ4v) is 5.37. The molecule has 2 aromatic rings. The molecule has 1 fully saturated rings. The third-order valence-corrected chi connectivity index (χ3v) is 7.20. The molecular weight excluding hydrogens is 456 g/mol. The SMILES string of the molecule is CN(C)c1ccc(N2C(=O)C(c3ccc(Cl)cc3)C(C#N)=C2SCCN2CCOCC2)cc1. The summed E-state index contributed by atoms with van der Waals surface area (Å²) in [6, 6.07) is 17.4. The number of carbonyl (C=O) groups excluding carboxylic acids is 1. The Kier molecular flexibility index (Phi) is 7.61. The standard InChI is InChI=1S/C25H27ClN4O2S/c1-28(2)20-7-9-21(10-8-20)30-24(31)23(18-3-5-19(26)6-4-18)22(17-27)25(30)33-16-13-29-11-14-32-15-12-29/h3-10,23H,11-16H2,1-2H3. The van der Waals surface area contributed by atoms with Crippen LogP contribution in [0.1, 0.15) is 11.5 Å². The quantitative estimate of drug-likeness (QED) is 0.585. The summed E-state index contributed by atoms with van der Waals surface area (Å²) in [6.07, 6.45) is 0. The normalized spacial score (nSPS) is 19.2. The van der Waals surface area contributed by atoms with Gasteiger partial charge in [0.25, 0.3) is 0 Å². The van der Waals surface area contributed by atoms with Crippen LogP contribution in [-0.2, 0) is 9.53 Å². The van der Waals surface area contributed by atoms with Crippen LogP contribution >= 0.6 is 23.4 Å². The van der Waals surface area contributed by atoms with Crippen molar-refractivity contribution < 1.29 is 9.53 Å². The number of nitrogens with zero attached hydrogens (tertiary/aromatic N) is 4. The number of benzene rings is 2. The molecular formula is C25H27ClN4O2S. The average molecular weight is 483 g/mol. The Hall–Kier alpha value is -2.50. The highest BCUT2D eigenvalue weighted by atomic mass is 35.5. The van der Waals surface area contributed by atoms with Gasteiger partial charge in [-0.15, -0.1) is 11.8 Å². The van der Waals surface area contributed by atoms with Crippen LogP contribution in [0.25, 0.3) is 0 Å². The summed E-state index contributed by atoms with van der Waals surface area (Å²) < 4.78 is 5.43. The molecule has 2 heterocycles. The number of thioether (sulfide) groups is 1. The molecule has 2 aliphatic rings. The van der Waals surface area contributed by atoms with E-state index in [0.717, 1.165) is 55.5 Å². The van der Waals surface area contributed by atoms with Crippen molar-refractivity contribution >= 4 is 40.6 Å². The minimum absolute atomic E-state index is 0.111. The minimum atomic E-state index is -0.633. The number of halogens is 1. The Balaban J connectivity index is 1.66. The third-order valence-electron chi connectivity index (χ3n) is 5.89. The van der Waals surface area contributed by atoms with E-state index in [2.05, 4.69) is 11.0 Å². The average Bonchev–Trinajstić information content (AvgIpc) is 3.11. The first-order valence-corrected chi connectivity index (χ1v) is 12.3. The monoisotopic (exact) mass is 482 g/mol. The number of hydrogen-bond acceptors (Lipinski definition) is 6. The van der Waals surface area contributed by atoms with Gasteiger partial charge in [0.1, 0.15) is 5.92 Å². The minimum Gasteiger partial charge on any atom is -0.379 e. The van der Waals surface area contributed by atoms with Crippen LogP contribution in [0.2, 0.25) is 5.02 Å². The Morgan fingerprint density at radius 2 is 1.79 bits per heavy atom. The summed E-state index contributed by atoms with van der Waals surface area (Å²) in [6.45, 7) is 4.19. The van der Waals surface area contributed by atoms with Gasteiger partial charge >= 0.3 is 0 Å². The van der Waals surface area contributed by atoms with Crippen molar-refractivity contribution in [2.45, 2.75) is 5.92 Å². The van der Waals surface area contributed by atoms with Crippen molar-refractivity contribution in [2.75, 3.05) is 62.5 Å². The van der Waals surface area contributed by atoms with E-state index in [0.29, 0.717) is 15.6 Å². The number of amides is 1. The summed E-state index contributed by atoms with van der Waals surface area (Å²) >= 11 is 7.64. The molecule has 0 spiro atoms. The van der Waals surface area contributed by atoms with Crippen LogP contribution in [-0.4, -0.2) is 63.5 Å². The van der Waals surface area contributed by atoms with E-state index in [1.54, 1.807) is 28.8 Å². The number of anilines is 2. The molecule has 1 amide bonds. The topological polar surface area (TPSA) is 59.8 Å². The fraction of sp³-hybridized carbons (Fsp3) is 0.360. The second-order valence-corrected chi connectivity index (χ2v) is 9.72. The lowest BCUT2D eigenvalue weighted by Gasteiger charge is -2.27. The van der Waals surface area contributed by atoms with E-state index in [9.17, 15) is 10.1 Å². The maximum Gasteiger partial charge on any atom is 0.244 e. The molecule has 1 atom stereocenters. The van der Waals surface area contributed by atoms with Gasteiger partial charge in [-0.2, -0.15) is 5.26 Å². The molecule has 0 bridgehead atoms. The molecule has 0 N–H and O–H groups in total. The van der Waals surface area contributed by atoms with Crippen molar-refractivity contribution in [2.24, 2.45) is 0 Å². The third kappa shape index (κ3) is 5.20. The molecule has 0 radical (unpaired) electrons. The van der Waals surface area contributed by atoms with E-state index in [4.69, 9.17) is 16.3 Å². The summed E-state index contributed by atoms with van der Waals surface area (Å²) in [5.74, 6) is 0.0416. The second-order valence-electron chi connectivity index (χ2n) is 8.20. The van der Waals surface area contributed by atoms with Crippen LogP contribution in [0.5, 0.6) is 0 Å². The van der Waals surface area contributed by atoms with Gasteiger partial charge in [-0.05, 0) is 42.0 Å². The first-order valence-electron chi connectivity index (χ1n) is 10.9. The van der Waals surface area contributed by atoms with Crippen molar-refractivity contribution in [3.05, 3.63) is 69.7 Å². The van der Waals surface area contributed by atoms with Crippen LogP contribution in [0.4, 0.5) is 11.4 Å². The van der Waals surface area contributed by atoms with Crippen LogP contribution in [0.3, 0.4) is 0 Å². The van der Waals surface area contributed by atoms with Gasteiger partial charge in [0, 0.05) is 55.9 Å². The molecule has 0 aromatic heterocycles. The maximum absolute atomic E-state index is 13.7. The molecule has 1 saturated heterocycles. The van der Waals surface area contributed by atoms with Gasteiger partial charge < -0.3 is 9.64 Å². The van der Waals surface area contributed by atoms with Crippen molar-refractivity contribution in [1.29, 1.82) is 5.26 Å². The van der Waals surface area contributed by atoms with Crippen LogP contribution in [0, 0.1) is 11.3 Å². The summed E-state index contributed by atoms with van der Waals surface area (Å²) in [5, 5.41) is 11.4. The summed E-state index contributed by atoms with van der Waals surface area (Å²) in [7, 11) is 3.96. The molecule has 0 aliphatic carbocycles.